The van der Waals surface area contributed by atoms with E-state index < -0.39 is 63.2 Å². The Morgan fingerprint density at radius 2 is 1.70 bits per heavy atom. The second-order valence-electron chi connectivity index (χ2n) is 13.5. The Balaban J connectivity index is 1.25. The third-order valence-corrected chi connectivity index (χ3v) is 10.7. The summed E-state index contributed by atoms with van der Waals surface area (Å²) in [5.41, 5.74) is 6.38. The molecule has 0 unspecified atom stereocenters. The van der Waals surface area contributed by atoms with Crippen LogP contribution >= 0.6 is 0 Å². The molecule has 0 spiro atoms. The Kier molecular flexibility index (Phi) is 10.3. The highest BCUT2D eigenvalue weighted by atomic mass is 32.2. The number of nitrogens with one attached hydrogen (secondary N) is 2. The van der Waals surface area contributed by atoms with E-state index in [1.807, 2.05) is 0 Å². The molecule has 0 bridgehead atoms. The lowest BCUT2D eigenvalue weighted by Crippen LogP contribution is -2.58. The van der Waals surface area contributed by atoms with E-state index in [1.54, 1.807) is 18.2 Å². The summed E-state index contributed by atoms with van der Waals surface area (Å²) in [6, 6.07) is 14.5. The first-order chi connectivity index (χ1) is 25.6. The van der Waals surface area contributed by atoms with E-state index >= 15 is 0 Å². The first-order valence-electron chi connectivity index (χ1n) is 17.1. The molecule has 14 nitrogen and oxygen atoms in total. The molecule has 4 aromatic rings. The van der Waals surface area contributed by atoms with Crippen LogP contribution in [-0.2, 0) is 35.7 Å². The van der Waals surface area contributed by atoms with Crippen LogP contribution in [0, 0.1) is 5.82 Å². The highest BCUT2D eigenvalue weighted by Gasteiger charge is 2.43. The van der Waals surface area contributed by atoms with Gasteiger partial charge in [-0.05, 0) is 79.1 Å². The van der Waals surface area contributed by atoms with Crippen LogP contribution in [-0.4, -0.2) is 66.4 Å². The molecule has 3 amide bonds. The van der Waals surface area contributed by atoms with Gasteiger partial charge >= 0.3 is 5.97 Å². The number of ketones is 1. The van der Waals surface area contributed by atoms with E-state index in [2.05, 4.69) is 10.6 Å². The van der Waals surface area contributed by atoms with Crippen molar-refractivity contribution in [2.24, 2.45) is 5.73 Å². The Morgan fingerprint density at radius 3 is 2.31 bits per heavy atom. The molecule has 0 atom stereocenters. The highest BCUT2D eigenvalue weighted by Crippen LogP contribution is 2.48. The lowest BCUT2D eigenvalue weighted by molar-refractivity contribution is -0.146. The van der Waals surface area contributed by atoms with E-state index in [-0.39, 0.29) is 53.5 Å². The zero-order valence-electron chi connectivity index (χ0n) is 29.1. The molecule has 54 heavy (non-hydrogen) atoms. The van der Waals surface area contributed by atoms with Gasteiger partial charge in [-0.25, -0.2) is 17.6 Å². The van der Waals surface area contributed by atoms with E-state index in [0.717, 1.165) is 23.4 Å². The summed E-state index contributed by atoms with van der Waals surface area (Å²) < 4.78 is 47.4. The van der Waals surface area contributed by atoms with Crippen molar-refractivity contribution in [1.29, 1.82) is 0 Å². The van der Waals surface area contributed by atoms with Crippen LogP contribution in [0.25, 0.3) is 28.1 Å². The number of carbonyl (C=O) groups excluding carboxylic acids is 4. The Bertz CT molecular complexity index is 2330. The van der Waals surface area contributed by atoms with Crippen LogP contribution in [0.5, 0.6) is 0 Å². The lowest BCUT2D eigenvalue weighted by Gasteiger charge is -2.31. The van der Waals surface area contributed by atoms with Gasteiger partial charge in [0.25, 0.3) is 11.7 Å². The molecule has 0 saturated heterocycles. The number of carboxylic acids is 1. The molecule has 2 saturated carbocycles. The minimum atomic E-state index is -4.11. The Morgan fingerprint density at radius 1 is 1.02 bits per heavy atom. The number of aliphatic hydroxyl groups is 1. The molecule has 6 rings (SSSR count). The SMILES string of the molecule is CS(=O)(=O)N(CC(=O)NC1(C(=O)NCc2cccc(C(O)=CC(=O)C(=O)O)c2)CCCC1)c1cc2oc(-c3ccc(F)cc3)c(C(N)=O)c2cc1C1CC1. The van der Waals surface area contributed by atoms with Crippen LogP contribution in [0.1, 0.15) is 71.5 Å². The number of hydrogen-bond donors (Lipinski definition) is 5. The normalized spacial score (nSPS) is 15.5. The third kappa shape index (κ3) is 7.97. The van der Waals surface area contributed by atoms with Gasteiger partial charge in [0.2, 0.25) is 21.8 Å². The van der Waals surface area contributed by atoms with Gasteiger partial charge < -0.3 is 31.0 Å². The largest absolute Gasteiger partial charge is 0.507 e. The average molecular weight is 761 g/mol. The predicted molar refractivity (Wildman–Crippen MR) is 195 cm³/mol. The van der Waals surface area contributed by atoms with Crippen molar-refractivity contribution in [2.75, 3.05) is 17.1 Å². The summed E-state index contributed by atoms with van der Waals surface area (Å²) in [7, 11) is -4.11. The molecule has 6 N–H and O–H groups in total. The van der Waals surface area contributed by atoms with Crippen molar-refractivity contribution in [3.8, 4) is 11.3 Å². The zero-order chi connectivity index (χ0) is 38.9. The maximum atomic E-state index is 13.8. The minimum Gasteiger partial charge on any atom is -0.507 e. The molecule has 0 aliphatic heterocycles. The number of furan rings is 1. The number of hydrogen-bond acceptors (Lipinski definition) is 9. The fraction of sp³-hybridized carbons (Fsp3) is 0.289. The summed E-state index contributed by atoms with van der Waals surface area (Å²) in [5, 5.41) is 25.0. The summed E-state index contributed by atoms with van der Waals surface area (Å²) in [6.45, 7) is -0.711. The molecule has 2 aliphatic rings. The average Bonchev–Trinajstić information content (AvgIpc) is 3.74. The maximum absolute atomic E-state index is 13.8. The molecule has 1 heterocycles. The summed E-state index contributed by atoms with van der Waals surface area (Å²) >= 11 is 0. The fourth-order valence-corrected chi connectivity index (χ4v) is 7.67. The fourth-order valence-electron chi connectivity index (χ4n) is 6.80. The number of rotatable bonds is 14. The number of aliphatic carboxylic acids is 1. The molecule has 16 heteroatoms. The number of nitrogens with zero attached hydrogens (tertiary/aromatic N) is 1. The van der Waals surface area contributed by atoms with Crippen molar-refractivity contribution in [3.63, 3.8) is 0 Å². The molecular weight excluding hydrogens is 724 g/mol. The first kappa shape index (κ1) is 37.7. The molecule has 282 valence electrons. The van der Waals surface area contributed by atoms with Gasteiger partial charge in [0.05, 0.1) is 17.5 Å². The maximum Gasteiger partial charge on any atom is 0.376 e. The summed E-state index contributed by atoms with van der Waals surface area (Å²) in [5.74, 6) is -6.12. The minimum absolute atomic E-state index is 0.0406. The van der Waals surface area contributed by atoms with E-state index in [4.69, 9.17) is 15.3 Å². The quantitative estimate of drug-likeness (QED) is 0.0697. The second-order valence-corrected chi connectivity index (χ2v) is 15.5. The number of aliphatic hydroxyl groups excluding tert-OH is 1. The topological polar surface area (TPSA) is 226 Å². The zero-order valence-corrected chi connectivity index (χ0v) is 29.9. The molecule has 2 fully saturated rings. The number of carboxylic acid groups (broad SMARTS) is 1. The number of sulfonamides is 1. The van der Waals surface area contributed by atoms with Crippen molar-refractivity contribution < 1.29 is 51.4 Å². The highest BCUT2D eigenvalue weighted by molar-refractivity contribution is 7.92. The van der Waals surface area contributed by atoms with Gasteiger partial charge in [0, 0.05) is 35.2 Å². The Labute approximate surface area is 308 Å². The van der Waals surface area contributed by atoms with Crippen LogP contribution in [0.2, 0.25) is 0 Å². The number of primary amides is 1. The first-order valence-corrected chi connectivity index (χ1v) is 18.9. The number of fused-ring (bicyclic) bond motifs is 1. The van der Waals surface area contributed by atoms with Crippen molar-refractivity contribution in [2.45, 2.75) is 56.5 Å². The smallest absolute Gasteiger partial charge is 0.376 e. The molecule has 3 aromatic carbocycles. The molecule has 2 aliphatic carbocycles. The molecule has 0 radical (unpaired) electrons. The monoisotopic (exact) mass is 760 g/mol. The van der Waals surface area contributed by atoms with E-state index in [1.165, 1.54) is 42.5 Å². The number of halogens is 1. The van der Waals surface area contributed by atoms with Crippen LogP contribution < -0.4 is 20.7 Å². The van der Waals surface area contributed by atoms with Crippen LogP contribution in [0.3, 0.4) is 0 Å². The lowest BCUT2D eigenvalue weighted by atomic mass is 9.95. The molecule has 1 aromatic heterocycles. The summed E-state index contributed by atoms with van der Waals surface area (Å²) in [6.07, 6.45) is 4.82. The Hall–Kier alpha value is -6.03. The van der Waals surface area contributed by atoms with Gasteiger partial charge in [-0.15, -0.1) is 0 Å². The number of anilines is 1. The summed E-state index contributed by atoms with van der Waals surface area (Å²) in [4.78, 5) is 62.5. The van der Waals surface area contributed by atoms with Crippen molar-refractivity contribution >= 4 is 61.9 Å². The van der Waals surface area contributed by atoms with Crippen LogP contribution in [0.15, 0.2) is 71.2 Å². The standard InChI is InChI=1S/C38H37FN4O10S/c1-54(51,52)43(28-17-31-27(16-26(28)22-7-8-22)33(35(40)47)34(53-31)23-9-11-25(39)12-10-23)20-32(46)42-38(13-2-3-14-38)37(50)41-19-21-5-4-6-24(15-21)29(44)18-30(45)36(48)49/h4-6,9-12,15-18,22,44H,2-3,7-8,13-14,19-20H2,1H3,(H2,40,47)(H,41,50)(H,42,46)(H,48,49). The van der Waals surface area contributed by atoms with Gasteiger partial charge in [-0.1, -0.05) is 31.0 Å². The van der Waals surface area contributed by atoms with Crippen molar-refractivity contribution in [1.82, 2.24) is 10.6 Å². The van der Waals surface area contributed by atoms with Crippen molar-refractivity contribution in [3.05, 3.63) is 94.8 Å². The number of amides is 3. The molecular formula is C38H37FN4O10S. The third-order valence-electron chi connectivity index (χ3n) is 9.59. The number of nitrogens with two attached hydrogens (primary N) is 1. The van der Waals surface area contributed by atoms with Crippen LogP contribution in [0.4, 0.5) is 10.1 Å². The number of carbonyl (C=O) groups is 5. The number of benzene rings is 3. The second kappa shape index (κ2) is 14.8. The predicted octanol–water partition coefficient (Wildman–Crippen LogP) is 4.28. The van der Waals surface area contributed by atoms with E-state index in [0.29, 0.717) is 41.0 Å². The van der Waals surface area contributed by atoms with Gasteiger partial charge in [0.1, 0.15) is 35.0 Å². The van der Waals surface area contributed by atoms with Gasteiger partial charge in [0.15, 0.2) is 0 Å². The van der Waals surface area contributed by atoms with E-state index in [9.17, 15) is 41.9 Å². The van der Waals surface area contributed by atoms with Gasteiger partial charge in [-0.2, -0.15) is 0 Å². The van der Waals surface area contributed by atoms with Gasteiger partial charge in [-0.3, -0.25) is 23.5 Å².